The second-order valence-corrected chi connectivity index (χ2v) is 8.22. The first-order chi connectivity index (χ1) is 13.5. The molecule has 0 aromatic heterocycles. The summed E-state index contributed by atoms with van der Waals surface area (Å²) < 4.78 is 67.1. The van der Waals surface area contributed by atoms with Crippen molar-refractivity contribution in [3.05, 3.63) is 29.1 Å². The predicted molar refractivity (Wildman–Crippen MR) is 87.8 cm³/mol. The van der Waals surface area contributed by atoms with E-state index in [4.69, 9.17) is 14.7 Å². The minimum Gasteiger partial charge on any atom is -0.390 e. The van der Waals surface area contributed by atoms with Crippen molar-refractivity contribution in [2.24, 2.45) is 11.8 Å². The zero-order valence-corrected chi connectivity index (χ0v) is 15.2. The molecule has 4 aliphatic heterocycles. The number of amides is 1. The van der Waals surface area contributed by atoms with Crippen LogP contribution in [0, 0.1) is 29.0 Å². The van der Waals surface area contributed by atoms with Gasteiger partial charge in [0.1, 0.15) is 17.4 Å². The maximum absolute atomic E-state index is 15.0. The predicted octanol–water partition coefficient (Wildman–Crippen LogP) is 2.33. The summed E-state index contributed by atoms with van der Waals surface area (Å²) in [7, 11) is 0. The van der Waals surface area contributed by atoms with Gasteiger partial charge in [0.2, 0.25) is 5.91 Å². The molecule has 1 spiro atoms. The van der Waals surface area contributed by atoms with Gasteiger partial charge < -0.3 is 14.6 Å². The number of aliphatic hydroxyl groups is 1. The second kappa shape index (κ2) is 5.47. The van der Waals surface area contributed by atoms with E-state index in [1.807, 2.05) is 0 Å². The van der Waals surface area contributed by atoms with Gasteiger partial charge in [-0.15, -0.1) is 0 Å². The lowest BCUT2D eigenvalue weighted by atomic mass is 9.65. The fraction of sp³-hybridized carbons (Fsp3) is 0.579. The van der Waals surface area contributed by atoms with Gasteiger partial charge in [0.25, 0.3) is 0 Å². The Labute approximate surface area is 162 Å². The van der Waals surface area contributed by atoms with E-state index in [-0.39, 0.29) is 13.0 Å². The summed E-state index contributed by atoms with van der Waals surface area (Å²) in [5.41, 5.74) is -5.20. The van der Waals surface area contributed by atoms with Crippen LogP contribution in [0.2, 0.25) is 0 Å². The van der Waals surface area contributed by atoms with Crippen LogP contribution >= 0.6 is 0 Å². The van der Waals surface area contributed by atoms with Gasteiger partial charge in [0, 0.05) is 18.8 Å². The SMILES string of the molecule is C[C@]12O[C@@]3(CCO[C@H]4[C@@H]3[C@@H]1C(=O)N4c1ccc(C#N)c(C(F)(F)F)c1F)C[C@H]2O. The zero-order chi connectivity index (χ0) is 20.9. The van der Waals surface area contributed by atoms with Crippen LogP contribution in [0.3, 0.4) is 0 Å². The van der Waals surface area contributed by atoms with Gasteiger partial charge in [-0.1, -0.05) is 0 Å². The molecule has 29 heavy (non-hydrogen) atoms. The van der Waals surface area contributed by atoms with Crippen molar-refractivity contribution in [2.75, 3.05) is 11.5 Å². The first-order valence-electron chi connectivity index (χ1n) is 9.18. The Morgan fingerprint density at radius 2 is 2.10 bits per heavy atom. The molecule has 1 N–H and O–H groups in total. The van der Waals surface area contributed by atoms with E-state index in [1.54, 1.807) is 6.92 Å². The van der Waals surface area contributed by atoms with E-state index in [0.29, 0.717) is 6.42 Å². The van der Waals surface area contributed by atoms with Crippen LogP contribution < -0.4 is 4.90 Å². The summed E-state index contributed by atoms with van der Waals surface area (Å²) in [5, 5.41) is 19.4. The topological polar surface area (TPSA) is 82.8 Å². The third-order valence-electron chi connectivity index (χ3n) is 6.87. The molecular formula is C19H16F4N2O4. The zero-order valence-electron chi connectivity index (χ0n) is 15.2. The Hall–Kier alpha value is -2.22. The van der Waals surface area contributed by atoms with Crippen LogP contribution in [0.15, 0.2) is 12.1 Å². The lowest BCUT2D eigenvalue weighted by Crippen LogP contribution is -2.53. The van der Waals surface area contributed by atoms with Crippen molar-refractivity contribution in [1.82, 2.24) is 0 Å². The molecule has 4 aliphatic rings. The van der Waals surface area contributed by atoms with Crippen LogP contribution in [0.5, 0.6) is 0 Å². The second-order valence-electron chi connectivity index (χ2n) is 8.22. The minimum atomic E-state index is -5.11. The quantitative estimate of drug-likeness (QED) is 0.716. The first kappa shape index (κ1) is 18.8. The molecule has 0 aliphatic carbocycles. The number of hydrogen-bond donors (Lipinski definition) is 1. The summed E-state index contributed by atoms with van der Waals surface area (Å²) in [6.45, 7) is 1.76. The summed E-state index contributed by atoms with van der Waals surface area (Å²) in [6.07, 6.45) is -6.30. The van der Waals surface area contributed by atoms with Crippen molar-refractivity contribution in [3.8, 4) is 6.07 Å². The number of ether oxygens (including phenoxy) is 2. The normalized spacial score (nSPS) is 40.3. The highest BCUT2D eigenvalue weighted by atomic mass is 19.4. The van der Waals surface area contributed by atoms with Gasteiger partial charge in [-0.25, -0.2) is 4.39 Å². The van der Waals surface area contributed by atoms with Crippen LogP contribution in [-0.4, -0.2) is 41.2 Å². The number of aliphatic hydroxyl groups excluding tert-OH is 1. The van der Waals surface area contributed by atoms with E-state index >= 15 is 4.39 Å². The molecule has 4 heterocycles. The number of anilines is 1. The van der Waals surface area contributed by atoms with E-state index < -0.39 is 70.1 Å². The molecule has 4 saturated heterocycles. The number of benzene rings is 1. The highest BCUT2D eigenvalue weighted by Gasteiger charge is 2.78. The molecule has 0 saturated carbocycles. The number of hydrogen-bond acceptors (Lipinski definition) is 5. The standard InChI is InChI=1S/C19H16F4N2O4/c1-17-10(26)6-18(29-17)4-5-28-16-13(18)12(17)15(27)25(16)9-3-2-8(7-24)11(14(9)20)19(21,22)23/h2-3,10,12-13,16,26H,4-6H2,1H3/t10-,12-,13+,16+,17-,18+/m1/s1. The fourth-order valence-corrected chi connectivity index (χ4v) is 5.70. The minimum absolute atomic E-state index is 0.157. The third-order valence-corrected chi connectivity index (χ3v) is 6.87. The van der Waals surface area contributed by atoms with Crippen LogP contribution in [-0.2, 0) is 20.4 Å². The highest BCUT2D eigenvalue weighted by molar-refractivity contribution is 6.00. The van der Waals surface area contributed by atoms with Gasteiger partial charge in [-0.3, -0.25) is 9.69 Å². The van der Waals surface area contributed by atoms with Crippen LogP contribution in [0.1, 0.15) is 30.9 Å². The van der Waals surface area contributed by atoms with Gasteiger partial charge >= 0.3 is 6.18 Å². The Kier molecular flexibility index (Phi) is 3.55. The number of carbonyl (C=O) groups excluding carboxylic acids is 1. The maximum atomic E-state index is 15.0. The van der Waals surface area contributed by atoms with Gasteiger partial charge in [0.15, 0.2) is 5.82 Å². The Balaban J connectivity index is 1.67. The van der Waals surface area contributed by atoms with E-state index in [2.05, 4.69) is 0 Å². The number of carbonyl (C=O) groups is 1. The van der Waals surface area contributed by atoms with Crippen molar-refractivity contribution >= 4 is 11.6 Å². The number of nitriles is 1. The number of alkyl halides is 3. The monoisotopic (exact) mass is 412 g/mol. The first-order valence-corrected chi connectivity index (χ1v) is 9.18. The van der Waals surface area contributed by atoms with Crippen molar-refractivity contribution < 1.29 is 36.9 Å². The number of fused-ring (bicyclic) bond motifs is 2. The Morgan fingerprint density at radius 1 is 1.38 bits per heavy atom. The molecule has 1 aromatic rings. The van der Waals surface area contributed by atoms with E-state index in [0.717, 1.165) is 17.0 Å². The molecule has 10 heteroatoms. The molecule has 5 rings (SSSR count). The molecule has 1 aromatic carbocycles. The summed E-state index contributed by atoms with van der Waals surface area (Å²) in [6, 6.07) is 3.19. The lowest BCUT2D eigenvalue weighted by Gasteiger charge is -2.42. The van der Waals surface area contributed by atoms with Crippen LogP contribution in [0.25, 0.3) is 0 Å². The average molecular weight is 412 g/mol. The number of halogens is 4. The summed E-state index contributed by atoms with van der Waals surface area (Å²) in [5.74, 6) is -3.73. The number of nitrogens with zero attached hydrogens (tertiary/aromatic N) is 2. The Bertz CT molecular complexity index is 976. The van der Waals surface area contributed by atoms with Crippen LogP contribution in [0.4, 0.5) is 23.2 Å². The fourth-order valence-electron chi connectivity index (χ4n) is 5.70. The molecule has 6 atom stereocenters. The molecule has 1 amide bonds. The van der Waals surface area contributed by atoms with Crippen molar-refractivity contribution in [3.63, 3.8) is 0 Å². The maximum Gasteiger partial charge on any atom is 0.420 e. The van der Waals surface area contributed by atoms with Crippen molar-refractivity contribution in [2.45, 2.75) is 49.5 Å². The van der Waals surface area contributed by atoms with Gasteiger partial charge in [-0.05, 0) is 19.1 Å². The molecule has 0 radical (unpaired) electrons. The highest BCUT2D eigenvalue weighted by Crippen LogP contribution is 2.65. The molecular weight excluding hydrogens is 396 g/mol. The van der Waals surface area contributed by atoms with E-state index in [1.165, 1.54) is 6.07 Å². The Morgan fingerprint density at radius 3 is 2.76 bits per heavy atom. The molecule has 0 unspecified atom stereocenters. The summed E-state index contributed by atoms with van der Waals surface area (Å²) in [4.78, 5) is 14.2. The third kappa shape index (κ3) is 2.13. The summed E-state index contributed by atoms with van der Waals surface area (Å²) >= 11 is 0. The van der Waals surface area contributed by atoms with Crippen molar-refractivity contribution in [1.29, 1.82) is 5.26 Å². The van der Waals surface area contributed by atoms with E-state index in [9.17, 15) is 23.1 Å². The lowest BCUT2D eigenvalue weighted by molar-refractivity contribution is -0.143. The molecule has 2 bridgehead atoms. The van der Waals surface area contributed by atoms with Gasteiger partial charge in [0.05, 0.1) is 41.5 Å². The average Bonchev–Trinajstić information content (AvgIpc) is 3.18. The largest absolute Gasteiger partial charge is 0.420 e. The smallest absolute Gasteiger partial charge is 0.390 e. The molecule has 4 fully saturated rings. The van der Waals surface area contributed by atoms with Gasteiger partial charge in [-0.2, -0.15) is 18.4 Å². The molecule has 6 nitrogen and oxygen atoms in total. The number of rotatable bonds is 1. The molecule has 154 valence electrons.